The van der Waals surface area contributed by atoms with E-state index >= 15 is 0 Å². The number of thiophene rings is 1. The number of carbonyl (C=O) groups is 1. The average Bonchev–Trinajstić information content (AvgIpc) is 2.96. The molecule has 1 atom stereocenters. The second kappa shape index (κ2) is 6.22. The van der Waals surface area contributed by atoms with E-state index in [-0.39, 0.29) is 17.5 Å². The molecule has 3 rings (SSSR count). The number of ether oxygens (including phenoxy) is 1. The van der Waals surface area contributed by atoms with E-state index in [4.69, 9.17) is 4.74 Å². The van der Waals surface area contributed by atoms with Crippen molar-refractivity contribution in [2.75, 3.05) is 6.61 Å². The summed E-state index contributed by atoms with van der Waals surface area (Å²) in [6, 6.07) is 11.4. The minimum Gasteiger partial charge on any atom is -0.465 e. The first kappa shape index (κ1) is 15.2. The lowest BCUT2D eigenvalue weighted by molar-refractivity contribution is 0.0959. The van der Waals surface area contributed by atoms with Gasteiger partial charge in [0.05, 0.1) is 6.61 Å². The summed E-state index contributed by atoms with van der Waals surface area (Å²) in [6.45, 7) is 2.59. The van der Waals surface area contributed by atoms with Gasteiger partial charge in [0.1, 0.15) is 5.54 Å². The molecule has 22 heavy (non-hydrogen) atoms. The largest absolute Gasteiger partial charge is 0.465 e. The van der Waals surface area contributed by atoms with Crippen molar-refractivity contribution in [3.8, 4) is 0 Å². The third kappa shape index (κ3) is 3.23. The monoisotopic (exact) mass is 378 g/mol. The van der Waals surface area contributed by atoms with Gasteiger partial charge in [0.15, 0.2) is 0 Å². The molecule has 0 saturated carbocycles. The number of nitrogens with zero attached hydrogens (tertiary/aromatic N) is 1. The van der Waals surface area contributed by atoms with Crippen LogP contribution in [-0.4, -0.2) is 18.5 Å². The van der Waals surface area contributed by atoms with Crippen molar-refractivity contribution in [1.29, 1.82) is 0 Å². The van der Waals surface area contributed by atoms with Crippen molar-refractivity contribution >= 4 is 39.2 Å². The number of nitrogens with one attached hydrogen (secondary N) is 1. The second-order valence-corrected chi connectivity index (χ2v) is 7.07. The van der Waals surface area contributed by atoms with Gasteiger partial charge in [0.25, 0.3) is 11.9 Å². The molecule has 1 amide bonds. The number of rotatable bonds is 2. The molecule has 2 aromatic rings. The Morgan fingerprint density at radius 2 is 2.18 bits per heavy atom. The van der Waals surface area contributed by atoms with Gasteiger partial charge in [-0.1, -0.05) is 18.2 Å². The van der Waals surface area contributed by atoms with Crippen molar-refractivity contribution in [3.05, 3.63) is 56.7 Å². The number of hydrogen-bond acceptors (Lipinski definition) is 4. The highest BCUT2D eigenvalue weighted by Crippen LogP contribution is 2.37. The van der Waals surface area contributed by atoms with Crippen molar-refractivity contribution < 1.29 is 9.53 Å². The van der Waals surface area contributed by atoms with Crippen LogP contribution in [0.3, 0.4) is 0 Å². The maximum atomic E-state index is 12.2. The van der Waals surface area contributed by atoms with Crippen molar-refractivity contribution in [3.63, 3.8) is 0 Å². The number of amides is 1. The molecule has 114 valence electrons. The Hall–Kier alpha value is -1.66. The van der Waals surface area contributed by atoms with Crippen LogP contribution in [0.4, 0.5) is 0 Å². The molecule has 6 heteroatoms. The summed E-state index contributed by atoms with van der Waals surface area (Å²) in [7, 11) is 0. The molecule has 1 N–H and O–H groups in total. The molecule has 0 radical (unpaired) electrons. The molecule has 0 aliphatic carbocycles. The number of amidine groups is 1. The Morgan fingerprint density at radius 1 is 1.41 bits per heavy atom. The summed E-state index contributed by atoms with van der Waals surface area (Å²) in [6.07, 6.45) is 0.782. The van der Waals surface area contributed by atoms with Crippen LogP contribution in [0.1, 0.15) is 28.6 Å². The highest BCUT2D eigenvalue weighted by atomic mass is 79.9. The summed E-state index contributed by atoms with van der Waals surface area (Å²) in [5.74, 6) is -0.212. The molecule has 1 aromatic heterocycles. The fraction of sp³-hybridized carbons (Fsp3) is 0.250. The molecule has 4 nitrogen and oxygen atoms in total. The molecule has 1 unspecified atom stereocenters. The maximum absolute atomic E-state index is 12.2. The Bertz CT molecular complexity index is 714. The minimum atomic E-state index is -0.367. The number of hydrogen-bond donors (Lipinski definition) is 1. The lowest BCUT2D eigenvalue weighted by Gasteiger charge is -2.29. The van der Waals surface area contributed by atoms with Crippen LogP contribution >= 0.6 is 27.3 Å². The van der Waals surface area contributed by atoms with Gasteiger partial charge in [-0.25, -0.2) is 4.99 Å². The molecular weight excluding hydrogens is 364 g/mol. The van der Waals surface area contributed by atoms with E-state index in [1.807, 2.05) is 23.6 Å². The predicted molar refractivity (Wildman–Crippen MR) is 91.3 cm³/mol. The van der Waals surface area contributed by atoms with E-state index in [0.717, 1.165) is 15.8 Å². The van der Waals surface area contributed by atoms with E-state index < -0.39 is 0 Å². The van der Waals surface area contributed by atoms with Gasteiger partial charge in [0.2, 0.25) is 0 Å². The zero-order valence-corrected chi connectivity index (χ0v) is 14.4. The van der Waals surface area contributed by atoms with E-state index in [0.29, 0.717) is 12.2 Å². The van der Waals surface area contributed by atoms with Crippen LogP contribution in [-0.2, 0) is 10.3 Å². The van der Waals surface area contributed by atoms with E-state index in [1.165, 1.54) is 0 Å². The van der Waals surface area contributed by atoms with Gasteiger partial charge in [0, 0.05) is 26.7 Å². The van der Waals surface area contributed by atoms with Crippen molar-refractivity contribution in [1.82, 2.24) is 5.32 Å². The van der Waals surface area contributed by atoms with Crippen LogP contribution in [0.25, 0.3) is 0 Å². The summed E-state index contributed by atoms with van der Waals surface area (Å²) in [5.41, 5.74) is 0.216. The fourth-order valence-corrected chi connectivity index (χ4v) is 3.82. The van der Waals surface area contributed by atoms with Crippen LogP contribution < -0.4 is 5.32 Å². The van der Waals surface area contributed by atoms with Crippen molar-refractivity contribution in [2.24, 2.45) is 4.99 Å². The molecule has 1 aliphatic rings. The SMILES string of the molecule is CC1(c2cc(Br)cs2)CCOC(NC(=O)c2ccccc2)=N1. The lowest BCUT2D eigenvalue weighted by atomic mass is 9.96. The Kier molecular flexibility index (Phi) is 4.31. The van der Waals surface area contributed by atoms with E-state index in [1.54, 1.807) is 23.5 Å². The van der Waals surface area contributed by atoms with E-state index in [2.05, 4.69) is 39.2 Å². The molecule has 1 aliphatic heterocycles. The number of aliphatic imine (C=N–C) groups is 1. The van der Waals surface area contributed by atoms with Crippen LogP contribution in [0.15, 0.2) is 51.2 Å². The first-order chi connectivity index (χ1) is 10.6. The van der Waals surface area contributed by atoms with Crippen LogP contribution in [0.5, 0.6) is 0 Å². The molecule has 0 fully saturated rings. The standard InChI is InChI=1S/C16H15BrN2O2S/c1-16(13-9-12(17)10-22-13)7-8-21-15(19-16)18-14(20)11-5-3-2-4-6-11/h2-6,9-10H,7-8H2,1H3,(H,18,19,20). The van der Waals surface area contributed by atoms with Crippen LogP contribution in [0, 0.1) is 0 Å². The highest BCUT2D eigenvalue weighted by Gasteiger charge is 2.32. The van der Waals surface area contributed by atoms with Gasteiger partial charge in [-0.2, -0.15) is 0 Å². The minimum absolute atomic E-state index is 0.212. The number of carbonyl (C=O) groups excluding carboxylic acids is 1. The lowest BCUT2D eigenvalue weighted by Crippen LogP contribution is -2.39. The Balaban J connectivity index is 1.80. The first-order valence-electron chi connectivity index (χ1n) is 6.90. The molecular formula is C16H15BrN2O2S. The smallest absolute Gasteiger partial charge is 0.292 e. The maximum Gasteiger partial charge on any atom is 0.292 e. The fourth-order valence-electron chi connectivity index (χ4n) is 2.26. The number of benzene rings is 1. The zero-order chi connectivity index (χ0) is 15.6. The molecule has 0 bridgehead atoms. The molecule has 1 aromatic carbocycles. The third-order valence-electron chi connectivity index (χ3n) is 3.53. The number of halogens is 1. The summed E-state index contributed by atoms with van der Waals surface area (Å²) < 4.78 is 6.55. The highest BCUT2D eigenvalue weighted by molar-refractivity contribution is 9.10. The molecule has 0 saturated heterocycles. The Labute approximate surface area is 141 Å². The molecule has 0 spiro atoms. The Morgan fingerprint density at radius 3 is 2.86 bits per heavy atom. The van der Waals surface area contributed by atoms with Gasteiger partial charge in [-0.15, -0.1) is 11.3 Å². The van der Waals surface area contributed by atoms with Gasteiger partial charge in [-0.05, 0) is 41.1 Å². The summed E-state index contributed by atoms with van der Waals surface area (Å²) in [4.78, 5) is 17.9. The molecule has 2 heterocycles. The second-order valence-electron chi connectivity index (χ2n) is 5.24. The van der Waals surface area contributed by atoms with Crippen molar-refractivity contribution in [2.45, 2.75) is 18.9 Å². The predicted octanol–water partition coefficient (Wildman–Crippen LogP) is 3.93. The van der Waals surface area contributed by atoms with E-state index in [9.17, 15) is 4.79 Å². The normalized spacial score (nSPS) is 20.9. The first-order valence-corrected chi connectivity index (χ1v) is 8.58. The summed E-state index contributed by atoms with van der Waals surface area (Å²) >= 11 is 5.12. The van der Waals surface area contributed by atoms with Gasteiger partial charge < -0.3 is 4.74 Å². The van der Waals surface area contributed by atoms with Gasteiger partial charge >= 0.3 is 0 Å². The average molecular weight is 379 g/mol. The topological polar surface area (TPSA) is 50.7 Å². The van der Waals surface area contributed by atoms with Crippen LogP contribution in [0.2, 0.25) is 0 Å². The third-order valence-corrected chi connectivity index (χ3v) is 5.47. The quantitative estimate of drug-likeness (QED) is 0.860. The van der Waals surface area contributed by atoms with Gasteiger partial charge in [-0.3, -0.25) is 10.1 Å². The zero-order valence-electron chi connectivity index (χ0n) is 12.0. The summed E-state index contributed by atoms with van der Waals surface area (Å²) in [5, 5.41) is 4.78.